The summed E-state index contributed by atoms with van der Waals surface area (Å²) < 4.78 is 11.2. The summed E-state index contributed by atoms with van der Waals surface area (Å²) in [5.74, 6) is -0.996. The summed E-state index contributed by atoms with van der Waals surface area (Å²) in [6.07, 6.45) is 2.37. The molecule has 0 saturated heterocycles. The van der Waals surface area contributed by atoms with E-state index in [-0.39, 0.29) is 10.8 Å². The Morgan fingerprint density at radius 3 is 2.78 bits per heavy atom. The molecule has 6 heteroatoms. The van der Waals surface area contributed by atoms with Crippen LogP contribution in [0.3, 0.4) is 0 Å². The van der Waals surface area contributed by atoms with E-state index in [1.165, 1.54) is 6.07 Å². The van der Waals surface area contributed by atoms with E-state index in [1.54, 1.807) is 18.4 Å². The lowest BCUT2D eigenvalue weighted by molar-refractivity contribution is 0.0698. The summed E-state index contributed by atoms with van der Waals surface area (Å²) in [6, 6.07) is 4.62. The molecule has 0 fully saturated rings. The van der Waals surface area contributed by atoms with Crippen molar-refractivity contribution < 1.29 is 14.1 Å². The molecule has 0 bridgehead atoms. The fourth-order valence-electron chi connectivity index (χ4n) is 1.47. The van der Waals surface area contributed by atoms with E-state index in [0.29, 0.717) is 24.3 Å². The molecule has 0 spiro atoms. The summed E-state index contributed by atoms with van der Waals surface area (Å²) >= 11 is 0. The maximum Gasteiger partial charge on any atom is 0.337 e. The van der Waals surface area contributed by atoms with Gasteiger partial charge in [-0.1, -0.05) is 6.92 Å². The number of nitrogens with one attached hydrogen (secondary N) is 1. The van der Waals surface area contributed by atoms with Gasteiger partial charge in [0.2, 0.25) is 0 Å². The van der Waals surface area contributed by atoms with E-state index in [0.717, 1.165) is 0 Å². The topological polar surface area (TPSA) is 92.4 Å². The highest BCUT2D eigenvalue weighted by Crippen LogP contribution is 2.19. The molecule has 0 saturated carbocycles. The molecule has 0 aromatic heterocycles. The number of rotatable bonds is 6. The van der Waals surface area contributed by atoms with E-state index in [4.69, 9.17) is 10.8 Å². The summed E-state index contributed by atoms with van der Waals surface area (Å²) in [5, 5.41) is 12.1. The van der Waals surface area contributed by atoms with Gasteiger partial charge in [-0.25, -0.2) is 4.79 Å². The molecule has 2 unspecified atom stereocenters. The highest BCUT2D eigenvalue weighted by molar-refractivity contribution is 7.84. The molecular formula is C12H18N2O3S. The average Bonchev–Trinajstić information content (AvgIpc) is 2.28. The normalized spacial score (nSPS) is 13.9. The molecule has 0 amide bonds. The van der Waals surface area contributed by atoms with Gasteiger partial charge in [0.05, 0.1) is 11.3 Å². The molecule has 0 aliphatic heterocycles. The summed E-state index contributed by atoms with van der Waals surface area (Å²) in [5.41, 5.74) is 6.82. The van der Waals surface area contributed by atoms with E-state index >= 15 is 0 Å². The van der Waals surface area contributed by atoms with Gasteiger partial charge in [-0.05, 0) is 24.6 Å². The first-order chi connectivity index (χ1) is 8.41. The summed E-state index contributed by atoms with van der Waals surface area (Å²) in [7, 11) is -0.868. The van der Waals surface area contributed by atoms with Gasteiger partial charge >= 0.3 is 5.97 Å². The van der Waals surface area contributed by atoms with Gasteiger partial charge in [-0.2, -0.15) is 0 Å². The van der Waals surface area contributed by atoms with Crippen LogP contribution in [0.15, 0.2) is 18.2 Å². The predicted molar refractivity (Wildman–Crippen MR) is 74.4 cm³/mol. The Kier molecular flexibility index (Phi) is 5.15. The van der Waals surface area contributed by atoms with Crippen LogP contribution in [0.2, 0.25) is 0 Å². The van der Waals surface area contributed by atoms with Crippen molar-refractivity contribution >= 4 is 28.1 Å². The highest BCUT2D eigenvalue weighted by atomic mass is 32.2. The predicted octanol–water partition coefficient (Wildman–Crippen LogP) is 1.54. The minimum absolute atomic E-state index is 0.0758. The first-order valence-corrected chi connectivity index (χ1v) is 7.23. The van der Waals surface area contributed by atoms with Gasteiger partial charge in [-0.3, -0.25) is 4.21 Å². The first-order valence-electron chi connectivity index (χ1n) is 5.60. The number of hydrogen-bond donors (Lipinski definition) is 3. The number of carboxylic acid groups (broad SMARTS) is 1. The van der Waals surface area contributed by atoms with Crippen molar-refractivity contribution in [3.8, 4) is 0 Å². The smallest absolute Gasteiger partial charge is 0.337 e. The van der Waals surface area contributed by atoms with Crippen molar-refractivity contribution in [3.05, 3.63) is 23.8 Å². The third-order valence-electron chi connectivity index (χ3n) is 2.71. The number of carbonyl (C=O) groups is 1. The van der Waals surface area contributed by atoms with Crippen LogP contribution in [-0.4, -0.2) is 33.3 Å². The molecule has 0 aliphatic rings. The first kappa shape index (κ1) is 14.5. The highest BCUT2D eigenvalue weighted by Gasteiger charge is 2.11. The van der Waals surface area contributed by atoms with Crippen LogP contribution in [0.25, 0.3) is 0 Å². The molecule has 0 radical (unpaired) electrons. The number of hydrogen-bond acceptors (Lipinski definition) is 4. The summed E-state index contributed by atoms with van der Waals surface area (Å²) in [4.78, 5) is 11.0. The van der Waals surface area contributed by atoms with Crippen LogP contribution < -0.4 is 11.1 Å². The zero-order valence-electron chi connectivity index (χ0n) is 10.5. The van der Waals surface area contributed by atoms with Crippen molar-refractivity contribution in [2.24, 2.45) is 0 Å². The molecule has 4 N–H and O–H groups in total. The van der Waals surface area contributed by atoms with Gasteiger partial charge in [-0.15, -0.1) is 0 Å². The second-order valence-corrected chi connectivity index (χ2v) is 5.94. The van der Waals surface area contributed by atoms with Crippen LogP contribution in [0.4, 0.5) is 11.4 Å². The van der Waals surface area contributed by atoms with Crippen molar-refractivity contribution in [1.29, 1.82) is 0 Å². The molecule has 0 heterocycles. The molecule has 0 aliphatic carbocycles. The molecule has 1 rings (SSSR count). The van der Waals surface area contributed by atoms with Crippen LogP contribution in [-0.2, 0) is 10.8 Å². The maximum atomic E-state index is 11.2. The Hall–Kier alpha value is -1.56. The third kappa shape index (κ3) is 4.03. The minimum Gasteiger partial charge on any atom is -0.478 e. The molecule has 1 aromatic carbocycles. The van der Waals surface area contributed by atoms with E-state index < -0.39 is 16.8 Å². The van der Waals surface area contributed by atoms with E-state index in [1.807, 2.05) is 6.92 Å². The molecule has 1 aromatic rings. The van der Waals surface area contributed by atoms with E-state index in [9.17, 15) is 9.00 Å². The lowest BCUT2D eigenvalue weighted by Crippen LogP contribution is -2.16. The van der Waals surface area contributed by atoms with Crippen molar-refractivity contribution in [2.75, 3.05) is 23.9 Å². The Morgan fingerprint density at radius 1 is 1.56 bits per heavy atom. The van der Waals surface area contributed by atoms with Crippen LogP contribution in [0.1, 0.15) is 23.7 Å². The third-order valence-corrected chi connectivity index (χ3v) is 4.08. The standard InChI is InChI=1S/C12H18N2O3S/c1-8(18(2)17)5-6-14-11-7-9(13)3-4-10(11)12(15)16/h3-4,7-8,14H,5-6,13H2,1-2H3,(H,15,16). The lowest BCUT2D eigenvalue weighted by Gasteiger charge is -2.12. The van der Waals surface area contributed by atoms with Gasteiger partial charge < -0.3 is 16.2 Å². The Bertz CT molecular complexity index is 463. The van der Waals surface area contributed by atoms with Gasteiger partial charge in [0.25, 0.3) is 0 Å². The van der Waals surface area contributed by atoms with Gasteiger partial charge in [0, 0.05) is 34.5 Å². The number of carboxylic acids is 1. The quantitative estimate of drug-likeness (QED) is 0.682. The van der Waals surface area contributed by atoms with Crippen molar-refractivity contribution in [3.63, 3.8) is 0 Å². The van der Waals surface area contributed by atoms with Crippen molar-refractivity contribution in [2.45, 2.75) is 18.6 Å². The monoisotopic (exact) mass is 270 g/mol. The Morgan fingerprint density at radius 2 is 2.22 bits per heavy atom. The number of nitrogens with two attached hydrogens (primary N) is 1. The van der Waals surface area contributed by atoms with Crippen LogP contribution >= 0.6 is 0 Å². The van der Waals surface area contributed by atoms with Gasteiger partial charge in [0.15, 0.2) is 0 Å². The van der Waals surface area contributed by atoms with Gasteiger partial charge in [0.1, 0.15) is 0 Å². The minimum atomic E-state index is -0.996. The Labute approximate surface area is 109 Å². The average molecular weight is 270 g/mol. The maximum absolute atomic E-state index is 11.2. The zero-order valence-corrected chi connectivity index (χ0v) is 11.3. The number of anilines is 2. The number of benzene rings is 1. The number of aromatic carboxylic acids is 1. The number of nitrogen functional groups attached to an aromatic ring is 1. The second kappa shape index (κ2) is 6.39. The summed E-state index contributed by atoms with van der Waals surface area (Å²) in [6.45, 7) is 2.46. The van der Waals surface area contributed by atoms with Crippen LogP contribution in [0.5, 0.6) is 0 Å². The molecule has 5 nitrogen and oxygen atoms in total. The largest absolute Gasteiger partial charge is 0.478 e. The molecule has 100 valence electrons. The Balaban J connectivity index is 2.69. The lowest BCUT2D eigenvalue weighted by atomic mass is 10.1. The fraction of sp³-hybridized carbons (Fsp3) is 0.417. The SMILES string of the molecule is CC(CCNc1cc(N)ccc1C(=O)O)S(C)=O. The zero-order chi connectivity index (χ0) is 13.7. The van der Waals surface area contributed by atoms with Crippen molar-refractivity contribution in [1.82, 2.24) is 0 Å². The van der Waals surface area contributed by atoms with Crippen LogP contribution in [0, 0.1) is 0 Å². The molecule has 2 atom stereocenters. The molecule has 18 heavy (non-hydrogen) atoms. The fourth-order valence-corrected chi connectivity index (χ4v) is 1.92. The van der Waals surface area contributed by atoms with E-state index in [2.05, 4.69) is 5.32 Å². The molecular weight excluding hydrogens is 252 g/mol. The second-order valence-electron chi connectivity index (χ2n) is 4.13.